The maximum Gasteiger partial charge on any atom is 0.0931 e. The van der Waals surface area contributed by atoms with Gasteiger partial charge in [-0.15, -0.1) is 22.9 Å². The fourth-order valence-electron chi connectivity index (χ4n) is 2.23. The summed E-state index contributed by atoms with van der Waals surface area (Å²) < 4.78 is 0.813. The van der Waals surface area contributed by atoms with E-state index in [1.807, 2.05) is 12.1 Å². The standard InChI is InChI=1S/C13H10Cl2S/c14-12-6-5-11(16-12)13(15)10-7-8-3-1-2-4-9(8)10/h1-6,10,13H,7H2. The Morgan fingerprint density at radius 2 is 2.00 bits per heavy atom. The zero-order valence-corrected chi connectivity index (χ0v) is 10.8. The monoisotopic (exact) mass is 268 g/mol. The molecule has 1 aromatic carbocycles. The highest BCUT2D eigenvalue weighted by Crippen LogP contribution is 2.48. The van der Waals surface area contributed by atoms with E-state index in [1.54, 1.807) is 11.3 Å². The second-order valence-corrected chi connectivity index (χ2v) is 6.27. The van der Waals surface area contributed by atoms with Crippen LogP contribution in [0.5, 0.6) is 0 Å². The van der Waals surface area contributed by atoms with Crippen LogP contribution in [0.3, 0.4) is 0 Å². The molecule has 1 aliphatic rings. The molecule has 0 N–H and O–H groups in total. The van der Waals surface area contributed by atoms with Crippen LogP contribution in [0, 0.1) is 0 Å². The van der Waals surface area contributed by atoms with Gasteiger partial charge in [0.05, 0.1) is 9.71 Å². The Morgan fingerprint density at radius 3 is 2.69 bits per heavy atom. The van der Waals surface area contributed by atoms with E-state index >= 15 is 0 Å². The van der Waals surface area contributed by atoms with Crippen molar-refractivity contribution in [2.24, 2.45) is 0 Å². The van der Waals surface area contributed by atoms with Crippen LogP contribution in [0.4, 0.5) is 0 Å². The average Bonchev–Trinajstić information content (AvgIpc) is 2.67. The lowest BCUT2D eigenvalue weighted by Gasteiger charge is -2.33. The van der Waals surface area contributed by atoms with Crippen LogP contribution in [0.2, 0.25) is 4.34 Å². The van der Waals surface area contributed by atoms with Gasteiger partial charge >= 0.3 is 0 Å². The van der Waals surface area contributed by atoms with Gasteiger partial charge in [-0.25, -0.2) is 0 Å². The Hall–Kier alpha value is -0.500. The maximum atomic E-state index is 6.50. The van der Waals surface area contributed by atoms with Crippen molar-refractivity contribution in [3.63, 3.8) is 0 Å². The van der Waals surface area contributed by atoms with Crippen molar-refractivity contribution in [1.29, 1.82) is 0 Å². The molecule has 82 valence electrons. The predicted octanol–water partition coefficient (Wildman–Crippen LogP) is 5.02. The average molecular weight is 269 g/mol. The first-order valence-electron chi connectivity index (χ1n) is 5.23. The number of thiophene rings is 1. The minimum absolute atomic E-state index is 0.0624. The highest BCUT2D eigenvalue weighted by Gasteiger charge is 2.33. The first-order chi connectivity index (χ1) is 7.75. The third-order valence-corrected chi connectivity index (χ3v) is 5.10. The van der Waals surface area contributed by atoms with E-state index in [-0.39, 0.29) is 5.38 Å². The van der Waals surface area contributed by atoms with Gasteiger partial charge in [0.25, 0.3) is 0 Å². The number of hydrogen-bond acceptors (Lipinski definition) is 1. The summed E-state index contributed by atoms with van der Waals surface area (Å²) in [6, 6.07) is 12.5. The molecule has 1 aliphatic carbocycles. The quantitative estimate of drug-likeness (QED) is 0.671. The van der Waals surface area contributed by atoms with Crippen LogP contribution in [-0.4, -0.2) is 0 Å². The summed E-state index contributed by atoms with van der Waals surface area (Å²) in [5.41, 5.74) is 2.83. The summed E-state index contributed by atoms with van der Waals surface area (Å²) in [5, 5.41) is 0.0624. The molecule has 0 spiro atoms. The van der Waals surface area contributed by atoms with Crippen LogP contribution in [0.1, 0.15) is 27.3 Å². The van der Waals surface area contributed by atoms with Crippen LogP contribution >= 0.6 is 34.5 Å². The Morgan fingerprint density at radius 1 is 1.19 bits per heavy atom. The topological polar surface area (TPSA) is 0 Å². The molecular weight excluding hydrogens is 259 g/mol. The molecule has 16 heavy (non-hydrogen) atoms. The molecule has 0 saturated carbocycles. The lowest BCUT2D eigenvalue weighted by Crippen LogP contribution is -2.20. The number of benzene rings is 1. The lowest BCUT2D eigenvalue weighted by atomic mass is 9.75. The molecule has 1 heterocycles. The third kappa shape index (κ3) is 1.67. The molecule has 3 rings (SSSR count). The van der Waals surface area contributed by atoms with Gasteiger partial charge < -0.3 is 0 Å². The van der Waals surface area contributed by atoms with Crippen LogP contribution in [0.15, 0.2) is 36.4 Å². The predicted molar refractivity (Wildman–Crippen MR) is 70.8 cm³/mol. The summed E-state index contributed by atoms with van der Waals surface area (Å²) >= 11 is 14.0. The first-order valence-corrected chi connectivity index (χ1v) is 6.86. The van der Waals surface area contributed by atoms with Crippen molar-refractivity contribution in [3.8, 4) is 0 Å². The van der Waals surface area contributed by atoms with E-state index in [2.05, 4.69) is 24.3 Å². The number of halogens is 2. The van der Waals surface area contributed by atoms with E-state index in [9.17, 15) is 0 Å². The van der Waals surface area contributed by atoms with Crippen LogP contribution in [0.25, 0.3) is 0 Å². The van der Waals surface area contributed by atoms with Crippen molar-refractivity contribution in [1.82, 2.24) is 0 Å². The summed E-state index contributed by atoms with van der Waals surface area (Å²) in [6.45, 7) is 0. The Bertz CT molecular complexity index is 518. The van der Waals surface area contributed by atoms with Gasteiger partial charge in [-0.3, -0.25) is 0 Å². The second-order valence-electron chi connectivity index (χ2n) is 4.05. The van der Waals surface area contributed by atoms with Crippen LogP contribution < -0.4 is 0 Å². The summed E-state index contributed by atoms with van der Waals surface area (Å²) in [6.07, 6.45) is 1.08. The van der Waals surface area contributed by atoms with Crippen molar-refractivity contribution in [3.05, 3.63) is 56.7 Å². The van der Waals surface area contributed by atoms with E-state index in [0.29, 0.717) is 5.92 Å². The molecule has 0 fully saturated rings. The molecule has 3 heteroatoms. The van der Waals surface area contributed by atoms with Crippen molar-refractivity contribution in [2.75, 3.05) is 0 Å². The van der Waals surface area contributed by atoms with Gasteiger partial charge in [0.1, 0.15) is 0 Å². The van der Waals surface area contributed by atoms with Crippen molar-refractivity contribution < 1.29 is 0 Å². The molecule has 0 nitrogen and oxygen atoms in total. The lowest BCUT2D eigenvalue weighted by molar-refractivity contribution is 0.592. The van der Waals surface area contributed by atoms with Gasteiger partial charge in [0, 0.05) is 10.8 Å². The van der Waals surface area contributed by atoms with Gasteiger partial charge in [-0.2, -0.15) is 0 Å². The molecule has 2 atom stereocenters. The number of fused-ring (bicyclic) bond motifs is 1. The third-order valence-electron chi connectivity index (χ3n) is 3.11. The molecule has 1 aromatic heterocycles. The van der Waals surface area contributed by atoms with Crippen molar-refractivity contribution >= 4 is 34.5 Å². The zero-order chi connectivity index (χ0) is 11.1. The Balaban J connectivity index is 1.87. The Labute approximate surface area is 109 Å². The molecule has 2 aromatic rings. The molecule has 0 bridgehead atoms. The van der Waals surface area contributed by atoms with E-state index < -0.39 is 0 Å². The summed E-state index contributed by atoms with van der Waals surface area (Å²) in [4.78, 5) is 1.17. The summed E-state index contributed by atoms with van der Waals surface area (Å²) in [5.74, 6) is 0.451. The minimum atomic E-state index is 0.0624. The van der Waals surface area contributed by atoms with E-state index in [1.165, 1.54) is 16.0 Å². The van der Waals surface area contributed by atoms with Crippen molar-refractivity contribution in [2.45, 2.75) is 17.7 Å². The van der Waals surface area contributed by atoms with Gasteiger partial charge in [-0.05, 0) is 29.7 Å². The molecular formula is C13H10Cl2S. The first kappa shape index (κ1) is 10.6. The fourth-order valence-corrected chi connectivity index (χ4v) is 3.77. The summed E-state index contributed by atoms with van der Waals surface area (Å²) in [7, 11) is 0. The molecule has 0 saturated heterocycles. The highest BCUT2D eigenvalue weighted by molar-refractivity contribution is 7.16. The van der Waals surface area contributed by atoms with Crippen LogP contribution in [-0.2, 0) is 6.42 Å². The van der Waals surface area contributed by atoms with E-state index in [4.69, 9.17) is 23.2 Å². The smallest absolute Gasteiger partial charge is 0.0931 e. The second kappa shape index (κ2) is 4.06. The zero-order valence-electron chi connectivity index (χ0n) is 8.49. The molecule has 0 amide bonds. The number of rotatable bonds is 2. The molecule has 0 radical (unpaired) electrons. The SMILES string of the molecule is Clc1ccc(C(Cl)C2Cc3ccccc32)s1. The van der Waals surface area contributed by atoms with Gasteiger partial charge in [0.2, 0.25) is 0 Å². The normalized spacial score (nSPS) is 20.0. The van der Waals surface area contributed by atoms with Gasteiger partial charge in [0.15, 0.2) is 0 Å². The number of hydrogen-bond donors (Lipinski definition) is 0. The highest BCUT2D eigenvalue weighted by atomic mass is 35.5. The fraction of sp³-hybridized carbons (Fsp3) is 0.231. The largest absolute Gasteiger partial charge is 0.127 e. The van der Waals surface area contributed by atoms with E-state index in [0.717, 1.165) is 10.8 Å². The maximum absolute atomic E-state index is 6.50. The molecule has 0 aliphatic heterocycles. The molecule has 2 unspecified atom stereocenters. The number of alkyl halides is 1. The minimum Gasteiger partial charge on any atom is -0.127 e. The Kier molecular flexibility index (Phi) is 2.70. The van der Waals surface area contributed by atoms with Gasteiger partial charge in [-0.1, -0.05) is 35.9 Å².